The Morgan fingerprint density at radius 1 is 1.29 bits per heavy atom. The summed E-state index contributed by atoms with van der Waals surface area (Å²) in [6.07, 6.45) is 6.44. The summed E-state index contributed by atoms with van der Waals surface area (Å²) >= 11 is 0. The van der Waals surface area contributed by atoms with Gasteiger partial charge >= 0.3 is 0 Å². The summed E-state index contributed by atoms with van der Waals surface area (Å²) in [5.41, 5.74) is 0. The van der Waals surface area contributed by atoms with Gasteiger partial charge in [0, 0.05) is 0 Å². The topological polar surface area (TPSA) is 53.2 Å². The molecule has 0 aromatic heterocycles. The molecule has 1 N–H and O–H groups in total. The molecule has 0 spiro atoms. The van der Waals surface area contributed by atoms with Crippen LogP contribution in [0.2, 0.25) is 0 Å². The standard InChI is InChI=1S/C11H21NO2/c1-2-3-4-5-6-7-11(10-12)14-9-8-13/h11,13H,2-9H2,1H3. The molecule has 1 unspecified atom stereocenters. The maximum Gasteiger partial charge on any atom is 0.144 e. The predicted molar refractivity (Wildman–Crippen MR) is 55.8 cm³/mol. The quantitative estimate of drug-likeness (QED) is 0.579. The lowest BCUT2D eigenvalue weighted by molar-refractivity contribution is 0.0529. The molecule has 0 heterocycles. The first-order valence-corrected chi connectivity index (χ1v) is 5.47. The van der Waals surface area contributed by atoms with E-state index in [1.165, 1.54) is 25.7 Å². The van der Waals surface area contributed by atoms with Gasteiger partial charge in [-0.2, -0.15) is 5.26 Å². The normalized spacial score (nSPS) is 12.4. The molecule has 0 saturated heterocycles. The third-order valence-electron chi connectivity index (χ3n) is 2.12. The van der Waals surface area contributed by atoms with Gasteiger partial charge in [-0.05, 0) is 12.8 Å². The SMILES string of the molecule is CCCCCCCC(C#N)OCCO. The van der Waals surface area contributed by atoms with Gasteiger partial charge in [0.15, 0.2) is 0 Å². The molecule has 0 rings (SSSR count). The van der Waals surface area contributed by atoms with Crippen LogP contribution < -0.4 is 0 Å². The van der Waals surface area contributed by atoms with Crippen LogP contribution in [-0.4, -0.2) is 24.4 Å². The van der Waals surface area contributed by atoms with Gasteiger partial charge in [0.05, 0.1) is 19.3 Å². The molecular weight excluding hydrogens is 178 g/mol. The molecule has 0 fully saturated rings. The molecule has 0 bridgehead atoms. The number of aliphatic hydroxyl groups is 1. The summed E-state index contributed by atoms with van der Waals surface area (Å²) in [6.45, 7) is 2.45. The van der Waals surface area contributed by atoms with Gasteiger partial charge in [0.25, 0.3) is 0 Å². The molecule has 82 valence electrons. The van der Waals surface area contributed by atoms with Crippen molar-refractivity contribution in [3.8, 4) is 6.07 Å². The maximum absolute atomic E-state index is 8.70. The zero-order valence-corrected chi connectivity index (χ0v) is 9.04. The van der Waals surface area contributed by atoms with Gasteiger partial charge in [-0.1, -0.05) is 32.6 Å². The Hall–Kier alpha value is -0.590. The van der Waals surface area contributed by atoms with Crippen molar-refractivity contribution in [2.24, 2.45) is 0 Å². The average molecular weight is 199 g/mol. The molecule has 0 saturated carbocycles. The van der Waals surface area contributed by atoms with E-state index in [1.807, 2.05) is 0 Å². The van der Waals surface area contributed by atoms with Crippen LogP contribution in [0.3, 0.4) is 0 Å². The highest BCUT2D eigenvalue weighted by atomic mass is 16.5. The van der Waals surface area contributed by atoms with E-state index in [0.29, 0.717) is 0 Å². The molecule has 0 aliphatic rings. The van der Waals surface area contributed by atoms with Crippen molar-refractivity contribution in [2.45, 2.75) is 51.6 Å². The Morgan fingerprint density at radius 2 is 2.00 bits per heavy atom. The molecule has 1 atom stereocenters. The van der Waals surface area contributed by atoms with E-state index in [-0.39, 0.29) is 19.3 Å². The van der Waals surface area contributed by atoms with Crippen LogP contribution in [-0.2, 0) is 4.74 Å². The van der Waals surface area contributed by atoms with Crippen molar-refractivity contribution >= 4 is 0 Å². The Labute approximate surface area is 86.7 Å². The summed E-state index contributed by atoms with van der Waals surface area (Å²) < 4.78 is 5.14. The third kappa shape index (κ3) is 8.03. The van der Waals surface area contributed by atoms with Gasteiger partial charge in [0.2, 0.25) is 0 Å². The first kappa shape index (κ1) is 13.4. The minimum atomic E-state index is -0.330. The van der Waals surface area contributed by atoms with E-state index >= 15 is 0 Å². The molecule has 0 aliphatic heterocycles. The monoisotopic (exact) mass is 199 g/mol. The lowest BCUT2D eigenvalue weighted by Gasteiger charge is -2.08. The van der Waals surface area contributed by atoms with Crippen molar-refractivity contribution in [3.63, 3.8) is 0 Å². The Morgan fingerprint density at radius 3 is 2.57 bits per heavy atom. The van der Waals surface area contributed by atoms with Crippen LogP contribution in [0.15, 0.2) is 0 Å². The van der Waals surface area contributed by atoms with Gasteiger partial charge < -0.3 is 9.84 Å². The highest BCUT2D eigenvalue weighted by molar-refractivity contribution is 4.83. The van der Waals surface area contributed by atoms with Crippen molar-refractivity contribution in [1.82, 2.24) is 0 Å². The van der Waals surface area contributed by atoms with Crippen molar-refractivity contribution < 1.29 is 9.84 Å². The lowest BCUT2D eigenvalue weighted by atomic mass is 10.1. The number of nitriles is 1. The van der Waals surface area contributed by atoms with Gasteiger partial charge in [-0.3, -0.25) is 0 Å². The Kier molecular flexibility index (Phi) is 10.0. The fourth-order valence-electron chi connectivity index (χ4n) is 1.31. The molecule has 0 aromatic rings. The summed E-state index contributed by atoms with van der Waals surface area (Å²) in [4.78, 5) is 0. The van der Waals surface area contributed by atoms with Crippen molar-refractivity contribution in [2.75, 3.05) is 13.2 Å². The number of unbranched alkanes of at least 4 members (excludes halogenated alkanes) is 4. The zero-order chi connectivity index (χ0) is 10.6. The zero-order valence-electron chi connectivity index (χ0n) is 9.04. The van der Waals surface area contributed by atoms with E-state index in [1.54, 1.807) is 0 Å². The number of aliphatic hydroxyl groups excluding tert-OH is 1. The molecule has 3 nitrogen and oxygen atoms in total. The van der Waals surface area contributed by atoms with Crippen molar-refractivity contribution in [3.05, 3.63) is 0 Å². The van der Waals surface area contributed by atoms with Crippen LogP contribution in [0, 0.1) is 11.3 Å². The van der Waals surface area contributed by atoms with Crippen molar-refractivity contribution in [1.29, 1.82) is 5.26 Å². The minimum Gasteiger partial charge on any atom is -0.394 e. The molecule has 0 radical (unpaired) electrons. The predicted octanol–water partition coefficient (Wildman–Crippen LogP) is 2.25. The van der Waals surface area contributed by atoms with Gasteiger partial charge in [-0.25, -0.2) is 0 Å². The fourth-order valence-corrected chi connectivity index (χ4v) is 1.31. The van der Waals surface area contributed by atoms with Crippen LogP contribution >= 0.6 is 0 Å². The Bertz CT molecular complexity index is 154. The van der Waals surface area contributed by atoms with E-state index in [4.69, 9.17) is 15.1 Å². The lowest BCUT2D eigenvalue weighted by Crippen LogP contribution is -2.13. The molecule has 3 heteroatoms. The highest BCUT2D eigenvalue weighted by Gasteiger charge is 2.05. The first-order chi connectivity index (χ1) is 6.85. The van der Waals surface area contributed by atoms with E-state index in [0.717, 1.165) is 12.8 Å². The maximum atomic E-state index is 8.70. The second-order valence-corrected chi connectivity index (χ2v) is 3.42. The van der Waals surface area contributed by atoms with E-state index < -0.39 is 0 Å². The first-order valence-electron chi connectivity index (χ1n) is 5.47. The highest BCUT2D eigenvalue weighted by Crippen LogP contribution is 2.08. The molecule has 0 aliphatic carbocycles. The summed E-state index contributed by atoms with van der Waals surface area (Å²) in [7, 11) is 0. The number of hydrogen-bond acceptors (Lipinski definition) is 3. The number of ether oxygens (including phenoxy) is 1. The molecule has 14 heavy (non-hydrogen) atoms. The fraction of sp³-hybridized carbons (Fsp3) is 0.909. The summed E-state index contributed by atoms with van der Waals surface area (Å²) in [5.74, 6) is 0. The van der Waals surface area contributed by atoms with E-state index in [9.17, 15) is 0 Å². The summed E-state index contributed by atoms with van der Waals surface area (Å²) in [5, 5.41) is 17.2. The molecule has 0 amide bonds. The summed E-state index contributed by atoms with van der Waals surface area (Å²) in [6, 6.07) is 2.09. The number of nitrogens with zero attached hydrogens (tertiary/aromatic N) is 1. The van der Waals surface area contributed by atoms with Crippen LogP contribution in [0.25, 0.3) is 0 Å². The number of rotatable bonds is 9. The average Bonchev–Trinajstić information content (AvgIpc) is 2.22. The second-order valence-electron chi connectivity index (χ2n) is 3.42. The van der Waals surface area contributed by atoms with E-state index in [2.05, 4.69) is 13.0 Å². The van der Waals surface area contributed by atoms with Crippen LogP contribution in [0.1, 0.15) is 45.4 Å². The van der Waals surface area contributed by atoms with Crippen LogP contribution in [0.4, 0.5) is 0 Å². The largest absolute Gasteiger partial charge is 0.394 e. The molecule has 0 aromatic carbocycles. The second kappa shape index (κ2) is 10.5. The number of hydrogen-bond donors (Lipinski definition) is 1. The van der Waals surface area contributed by atoms with Crippen LogP contribution in [0.5, 0.6) is 0 Å². The smallest absolute Gasteiger partial charge is 0.144 e. The minimum absolute atomic E-state index is 0.00594. The van der Waals surface area contributed by atoms with Gasteiger partial charge in [-0.15, -0.1) is 0 Å². The Balaban J connectivity index is 3.30. The molecular formula is C11H21NO2. The van der Waals surface area contributed by atoms with Gasteiger partial charge in [0.1, 0.15) is 6.10 Å². The third-order valence-corrected chi connectivity index (χ3v) is 2.12.